The van der Waals surface area contributed by atoms with Gasteiger partial charge in [0.25, 0.3) is 5.88 Å². The highest BCUT2D eigenvalue weighted by Gasteiger charge is 2.26. The molecule has 1 aromatic carbocycles. The van der Waals surface area contributed by atoms with Gasteiger partial charge in [0.2, 0.25) is 11.7 Å². The first-order valence-electron chi connectivity index (χ1n) is 12.0. The van der Waals surface area contributed by atoms with Gasteiger partial charge in [-0.15, -0.1) is 0 Å². The summed E-state index contributed by atoms with van der Waals surface area (Å²) in [4.78, 5) is 28.5. The monoisotopic (exact) mass is 596 g/mol. The van der Waals surface area contributed by atoms with Gasteiger partial charge in [0.1, 0.15) is 19.0 Å². The maximum atomic E-state index is 6.32. The number of hydrogen-bond acceptors (Lipinski definition) is 13. The van der Waals surface area contributed by atoms with Crippen LogP contribution < -0.4 is 29.6 Å². The van der Waals surface area contributed by atoms with E-state index in [1.54, 1.807) is 43.9 Å². The minimum atomic E-state index is 0.110. The van der Waals surface area contributed by atoms with E-state index in [0.29, 0.717) is 49.4 Å². The third-order valence-electron chi connectivity index (χ3n) is 5.44. The van der Waals surface area contributed by atoms with Gasteiger partial charge in [0, 0.05) is 31.7 Å². The highest BCUT2D eigenvalue weighted by atomic mass is 79.9. The molecule has 4 heterocycles. The van der Waals surface area contributed by atoms with Gasteiger partial charge >= 0.3 is 6.01 Å². The summed E-state index contributed by atoms with van der Waals surface area (Å²) < 4.78 is 29.8. The third-order valence-corrected chi connectivity index (χ3v) is 5.85. The molecule has 2 N–H and O–H groups in total. The van der Waals surface area contributed by atoms with Crippen molar-refractivity contribution in [2.24, 2.45) is 0 Å². The lowest BCUT2D eigenvalue weighted by Crippen LogP contribution is -2.37. The lowest BCUT2D eigenvalue weighted by Gasteiger charge is -2.27. The van der Waals surface area contributed by atoms with Crippen molar-refractivity contribution in [2.45, 2.75) is 0 Å². The molecule has 5 rings (SSSR count). The highest BCUT2D eigenvalue weighted by molar-refractivity contribution is 9.10. The van der Waals surface area contributed by atoms with Gasteiger partial charge in [-0.05, 0) is 34.1 Å². The standard InChI is InChI=1S/C25H25BrN8O5/c1-35-17-4-2-3-5-18(17)39-21-20(22-28-7-6-19(27)31-22)32-24(34-8-10-36-11-9-34)33-23(21)37-12-13-38-25-29-14-16(26)15-30-25/h2-7,14-15H,8-13H2,1H3,(H2,27,28,31). The Morgan fingerprint density at radius 2 is 1.69 bits per heavy atom. The number of methoxy groups -OCH3 is 1. The first kappa shape index (κ1) is 26.3. The van der Waals surface area contributed by atoms with E-state index in [0.717, 1.165) is 4.47 Å². The second kappa shape index (κ2) is 12.5. The van der Waals surface area contributed by atoms with Crippen LogP contribution in [0, 0.1) is 0 Å². The zero-order chi connectivity index (χ0) is 27.0. The Balaban J connectivity index is 1.52. The van der Waals surface area contributed by atoms with Crippen LogP contribution >= 0.6 is 15.9 Å². The van der Waals surface area contributed by atoms with Crippen LogP contribution in [0.2, 0.25) is 0 Å². The van der Waals surface area contributed by atoms with E-state index in [1.165, 1.54) is 0 Å². The van der Waals surface area contributed by atoms with E-state index in [4.69, 9.17) is 39.4 Å². The number of halogens is 1. The lowest BCUT2D eigenvalue weighted by molar-refractivity contribution is 0.122. The molecule has 4 aromatic rings. The van der Waals surface area contributed by atoms with Crippen LogP contribution in [0.15, 0.2) is 53.4 Å². The predicted octanol–water partition coefficient (Wildman–Crippen LogP) is 3.16. The van der Waals surface area contributed by atoms with Gasteiger partial charge in [-0.2, -0.15) is 4.98 Å². The molecule has 1 aliphatic rings. The van der Waals surface area contributed by atoms with Crippen LogP contribution in [0.3, 0.4) is 0 Å². The minimum absolute atomic E-state index is 0.110. The van der Waals surface area contributed by atoms with Crippen LogP contribution in [-0.2, 0) is 4.74 Å². The van der Waals surface area contributed by atoms with E-state index < -0.39 is 0 Å². The molecule has 39 heavy (non-hydrogen) atoms. The number of nitrogens with two attached hydrogens (primary N) is 1. The third kappa shape index (κ3) is 6.59. The summed E-state index contributed by atoms with van der Waals surface area (Å²) in [5.41, 5.74) is 6.28. The second-order valence-corrected chi connectivity index (χ2v) is 8.96. The Kier molecular flexibility index (Phi) is 8.43. The fraction of sp³-hybridized carbons (Fsp3) is 0.280. The van der Waals surface area contributed by atoms with Crippen LogP contribution in [0.1, 0.15) is 0 Å². The summed E-state index contributed by atoms with van der Waals surface area (Å²) in [6, 6.07) is 9.01. The van der Waals surface area contributed by atoms with Crippen molar-refractivity contribution in [3.8, 4) is 40.7 Å². The molecular formula is C25H25BrN8O5. The topological polar surface area (TPSA) is 153 Å². The molecular weight excluding hydrogens is 572 g/mol. The van der Waals surface area contributed by atoms with E-state index >= 15 is 0 Å². The zero-order valence-corrected chi connectivity index (χ0v) is 22.6. The largest absolute Gasteiger partial charge is 0.493 e. The Morgan fingerprint density at radius 1 is 0.949 bits per heavy atom. The summed E-state index contributed by atoms with van der Waals surface area (Å²) in [6.07, 6.45) is 4.74. The molecule has 14 heteroatoms. The molecule has 0 saturated carbocycles. The first-order chi connectivity index (χ1) is 19.1. The lowest BCUT2D eigenvalue weighted by atomic mass is 10.3. The van der Waals surface area contributed by atoms with E-state index in [1.807, 2.05) is 17.0 Å². The number of rotatable bonds is 10. The average molecular weight is 597 g/mol. The summed E-state index contributed by atoms with van der Waals surface area (Å²) in [6.45, 7) is 2.56. The second-order valence-electron chi connectivity index (χ2n) is 8.04. The summed E-state index contributed by atoms with van der Waals surface area (Å²) in [7, 11) is 1.56. The molecule has 0 aliphatic carbocycles. The molecule has 0 amide bonds. The molecule has 1 aliphatic heterocycles. The average Bonchev–Trinajstić information content (AvgIpc) is 2.97. The number of hydrogen-bond donors (Lipinski definition) is 1. The Labute approximate surface area is 232 Å². The van der Waals surface area contributed by atoms with E-state index in [2.05, 4.69) is 35.9 Å². The molecule has 0 bridgehead atoms. The van der Waals surface area contributed by atoms with Gasteiger partial charge in [0.15, 0.2) is 23.0 Å². The molecule has 1 saturated heterocycles. The highest BCUT2D eigenvalue weighted by Crippen LogP contribution is 2.41. The van der Waals surface area contributed by atoms with Gasteiger partial charge < -0.3 is 34.3 Å². The van der Waals surface area contributed by atoms with Crippen molar-refractivity contribution in [3.05, 3.63) is 53.4 Å². The first-order valence-corrected chi connectivity index (χ1v) is 12.8. The van der Waals surface area contributed by atoms with E-state index in [9.17, 15) is 0 Å². The number of nitrogens with zero attached hydrogens (tertiary/aromatic N) is 7. The number of morpholine rings is 1. The molecule has 0 spiro atoms. The van der Waals surface area contributed by atoms with Crippen LogP contribution in [-0.4, -0.2) is 76.5 Å². The Bertz CT molecular complexity index is 1410. The summed E-state index contributed by atoms with van der Waals surface area (Å²) in [5, 5.41) is 0. The van der Waals surface area contributed by atoms with Gasteiger partial charge in [-0.25, -0.2) is 24.9 Å². The smallest absolute Gasteiger partial charge is 0.316 e. The molecule has 13 nitrogen and oxygen atoms in total. The number of nitrogen functional groups attached to an aromatic ring is 1. The molecule has 202 valence electrons. The van der Waals surface area contributed by atoms with Gasteiger partial charge in [-0.3, -0.25) is 0 Å². The molecule has 3 aromatic heterocycles. The molecule has 1 fully saturated rings. The Morgan fingerprint density at radius 3 is 2.44 bits per heavy atom. The summed E-state index contributed by atoms with van der Waals surface area (Å²) in [5.74, 6) is 2.24. The van der Waals surface area contributed by atoms with E-state index in [-0.39, 0.29) is 42.5 Å². The fourth-order valence-corrected chi connectivity index (χ4v) is 3.82. The molecule has 0 unspecified atom stereocenters. The van der Waals surface area contributed by atoms with Crippen molar-refractivity contribution < 1.29 is 23.7 Å². The SMILES string of the molecule is COc1ccccc1Oc1c(OCCOc2ncc(Br)cn2)nc(N2CCOCC2)nc1-c1nccc(N)n1. The summed E-state index contributed by atoms with van der Waals surface area (Å²) >= 11 is 3.30. The van der Waals surface area contributed by atoms with Crippen molar-refractivity contribution >= 4 is 27.7 Å². The fourth-order valence-electron chi connectivity index (χ4n) is 3.61. The number of benzene rings is 1. The minimum Gasteiger partial charge on any atom is -0.493 e. The maximum absolute atomic E-state index is 6.32. The number of ether oxygens (including phenoxy) is 5. The maximum Gasteiger partial charge on any atom is 0.316 e. The number of anilines is 2. The van der Waals surface area contributed by atoms with Crippen LogP contribution in [0.5, 0.6) is 29.1 Å². The van der Waals surface area contributed by atoms with Crippen molar-refractivity contribution in [1.82, 2.24) is 29.9 Å². The quantitative estimate of drug-likeness (QED) is 0.267. The van der Waals surface area contributed by atoms with Crippen LogP contribution in [0.25, 0.3) is 11.5 Å². The van der Waals surface area contributed by atoms with Gasteiger partial charge in [0.05, 0.1) is 24.8 Å². The Hall–Kier alpha value is -4.30. The van der Waals surface area contributed by atoms with Crippen molar-refractivity contribution in [2.75, 3.05) is 57.3 Å². The zero-order valence-electron chi connectivity index (χ0n) is 21.0. The van der Waals surface area contributed by atoms with Crippen LogP contribution in [0.4, 0.5) is 11.8 Å². The van der Waals surface area contributed by atoms with Crippen molar-refractivity contribution in [3.63, 3.8) is 0 Å². The number of para-hydroxylation sites is 2. The van der Waals surface area contributed by atoms with Crippen molar-refractivity contribution in [1.29, 1.82) is 0 Å². The van der Waals surface area contributed by atoms with Gasteiger partial charge in [-0.1, -0.05) is 12.1 Å². The molecule has 0 atom stereocenters. The normalized spacial score (nSPS) is 13.1. The predicted molar refractivity (Wildman–Crippen MR) is 144 cm³/mol. The number of aromatic nitrogens is 6. The molecule has 0 radical (unpaired) electrons.